The van der Waals surface area contributed by atoms with Crippen molar-refractivity contribution in [1.29, 1.82) is 0 Å². The normalized spacial score (nSPS) is 10.3. The second-order valence-corrected chi connectivity index (χ2v) is 5.85. The summed E-state index contributed by atoms with van der Waals surface area (Å²) in [5.74, 6) is -0.283. The lowest BCUT2D eigenvalue weighted by molar-refractivity contribution is -0.139. The Labute approximate surface area is 126 Å². The number of methoxy groups -OCH3 is 1. The Morgan fingerprint density at radius 1 is 1.20 bits per heavy atom. The molecule has 3 nitrogen and oxygen atoms in total. The van der Waals surface area contributed by atoms with E-state index in [9.17, 15) is 9.59 Å². The largest absolute Gasteiger partial charge is 0.469 e. The van der Waals surface area contributed by atoms with Gasteiger partial charge in [-0.2, -0.15) is 0 Å². The van der Waals surface area contributed by atoms with Crippen molar-refractivity contribution < 1.29 is 14.3 Å². The highest BCUT2D eigenvalue weighted by atomic mass is 35.5. The van der Waals surface area contributed by atoms with Crippen molar-refractivity contribution in [2.75, 3.05) is 7.11 Å². The standard InChI is InChI=1S/C15H13ClO3S/c1-19-15(18)9-12-5-6-14(20-12)13(17)8-10-3-2-4-11(16)7-10/h2-7H,8-9H2,1H3. The Kier molecular flexibility index (Phi) is 4.93. The molecule has 0 unspecified atom stereocenters. The van der Waals surface area contributed by atoms with E-state index >= 15 is 0 Å². The third-order valence-corrected chi connectivity index (χ3v) is 4.10. The molecule has 2 aromatic rings. The number of ether oxygens (including phenoxy) is 1. The number of ketones is 1. The number of benzene rings is 1. The van der Waals surface area contributed by atoms with Crippen LogP contribution in [0.4, 0.5) is 0 Å². The highest BCUT2D eigenvalue weighted by molar-refractivity contribution is 7.14. The zero-order valence-electron chi connectivity index (χ0n) is 10.9. The van der Waals surface area contributed by atoms with Crippen LogP contribution in [0.25, 0.3) is 0 Å². The van der Waals surface area contributed by atoms with E-state index in [4.69, 9.17) is 11.6 Å². The van der Waals surface area contributed by atoms with E-state index in [1.165, 1.54) is 18.4 Å². The quantitative estimate of drug-likeness (QED) is 0.627. The number of rotatable bonds is 5. The molecule has 0 fully saturated rings. The van der Waals surface area contributed by atoms with Crippen LogP contribution in [-0.2, 0) is 22.4 Å². The third-order valence-electron chi connectivity index (χ3n) is 2.74. The van der Waals surface area contributed by atoms with Crippen molar-refractivity contribution >= 4 is 34.7 Å². The minimum absolute atomic E-state index is 0.0217. The van der Waals surface area contributed by atoms with Crippen LogP contribution >= 0.6 is 22.9 Å². The van der Waals surface area contributed by atoms with Crippen LogP contribution in [0, 0.1) is 0 Å². The van der Waals surface area contributed by atoms with Gasteiger partial charge in [-0.15, -0.1) is 11.3 Å². The van der Waals surface area contributed by atoms with Crippen LogP contribution in [0.1, 0.15) is 20.1 Å². The molecular weight excluding hydrogens is 296 g/mol. The molecule has 0 bridgehead atoms. The molecule has 5 heteroatoms. The maximum Gasteiger partial charge on any atom is 0.310 e. The fourth-order valence-corrected chi connectivity index (χ4v) is 2.90. The van der Waals surface area contributed by atoms with Crippen molar-refractivity contribution in [2.45, 2.75) is 12.8 Å². The second kappa shape index (κ2) is 6.68. The van der Waals surface area contributed by atoms with Gasteiger partial charge in [0, 0.05) is 16.3 Å². The molecule has 0 spiro atoms. The number of carbonyl (C=O) groups excluding carboxylic acids is 2. The fourth-order valence-electron chi connectivity index (χ4n) is 1.76. The van der Waals surface area contributed by atoms with Gasteiger partial charge in [0.25, 0.3) is 0 Å². The summed E-state index contributed by atoms with van der Waals surface area (Å²) in [7, 11) is 1.35. The number of esters is 1. The molecule has 1 aromatic carbocycles. The highest BCUT2D eigenvalue weighted by Crippen LogP contribution is 2.20. The van der Waals surface area contributed by atoms with Gasteiger partial charge in [0.1, 0.15) is 0 Å². The van der Waals surface area contributed by atoms with Crippen LogP contribution in [-0.4, -0.2) is 18.9 Å². The number of halogens is 1. The first kappa shape index (κ1) is 14.8. The minimum atomic E-state index is -0.305. The molecule has 0 aliphatic heterocycles. The number of Topliss-reactive ketones (excluding diaryl/α,β-unsaturated/α-hetero) is 1. The Morgan fingerprint density at radius 2 is 2.00 bits per heavy atom. The molecule has 0 atom stereocenters. The molecule has 20 heavy (non-hydrogen) atoms. The average Bonchev–Trinajstić information content (AvgIpc) is 2.87. The molecule has 104 valence electrons. The lowest BCUT2D eigenvalue weighted by Gasteiger charge is -2.00. The number of thiophene rings is 1. The second-order valence-electron chi connectivity index (χ2n) is 4.25. The van der Waals surface area contributed by atoms with E-state index < -0.39 is 0 Å². The van der Waals surface area contributed by atoms with Crippen molar-refractivity contribution in [1.82, 2.24) is 0 Å². The summed E-state index contributed by atoms with van der Waals surface area (Å²) >= 11 is 7.22. The molecule has 0 radical (unpaired) electrons. The van der Waals surface area contributed by atoms with Crippen LogP contribution < -0.4 is 0 Å². The van der Waals surface area contributed by atoms with Gasteiger partial charge in [0.05, 0.1) is 18.4 Å². The summed E-state index contributed by atoms with van der Waals surface area (Å²) in [4.78, 5) is 24.8. The first-order valence-corrected chi connectivity index (χ1v) is 7.21. The zero-order chi connectivity index (χ0) is 14.5. The van der Waals surface area contributed by atoms with E-state index in [0.717, 1.165) is 10.4 Å². The topological polar surface area (TPSA) is 43.4 Å². The van der Waals surface area contributed by atoms with Crippen molar-refractivity contribution in [2.24, 2.45) is 0 Å². The van der Waals surface area contributed by atoms with Gasteiger partial charge in [0.15, 0.2) is 5.78 Å². The molecule has 0 aliphatic carbocycles. The van der Waals surface area contributed by atoms with Crippen LogP contribution in [0.15, 0.2) is 36.4 Å². The number of carbonyl (C=O) groups is 2. The minimum Gasteiger partial charge on any atom is -0.469 e. The molecule has 0 saturated carbocycles. The maximum atomic E-state index is 12.1. The lowest BCUT2D eigenvalue weighted by Crippen LogP contribution is -2.03. The summed E-state index contributed by atoms with van der Waals surface area (Å²) in [5.41, 5.74) is 0.880. The summed E-state index contributed by atoms with van der Waals surface area (Å²) in [6.45, 7) is 0. The van der Waals surface area contributed by atoms with Crippen LogP contribution in [0.3, 0.4) is 0 Å². The van der Waals surface area contributed by atoms with Gasteiger partial charge >= 0.3 is 5.97 Å². The summed E-state index contributed by atoms with van der Waals surface area (Å²) in [5, 5.41) is 0.618. The van der Waals surface area contributed by atoms with Gasteiger partial charge < -0.3 is 4.74 Å². The maximum absolute atomic E-state index is 12.1. The van der Waals surface area contributed by atoms with E-state index in [1.807, 2.05) is 12.1 Å². The molecular formula is C15H13ClO3S. The van der Waals surface area contributed by atoms with Gasteiger partial charge in [-0.1, -0.05) is 23.7 Å². The Balaban J connectivity index is 2.04. The predicted octanol–water partition coefficient (Wildman–Crippen LogP) is 3.54. The molecule has 2 rings (SSSR count). The van der Waals surface area contributed by atoms with Crippen LogP contribution in [0.2, 0.25) is 5.02 Å². The summed E-state index contributed by atoms with van der Waals surface area (Å²) < 4.78 is 4.60. The van der Waals surface area contributed by atoms with Crippen LogP contribution in [0.5, 0.6) is 0 Å². The summed E-state index contributed by atoms with van der Waals surface area (Å²) in [6.07, 6.45) is 0.504. The molecule has 1 heterocycles. The van der Waals surface area contributed by atoms with E-state index in [-0.39, 0.29) is 18.2 Å². The Morgan fingerprint density at radius 3 is 2.70 bits per heavy atom. The monoisotopic (exact) mass is 308 g/mol. The first-order valence-electron chi connectivity index (χ1n) is 6.01. The van der Waals surface area contributed by atoms with Gasteiger partial charge in [-0.05, 0) is 29.8 Å². The molecule has 0 aliphatic rings. The zero-order valence-corrected chi connectivity index (χ0v) is 12.5. The van der Waals surface area contributed by atoms with Crippen molar-refractivity contribution in [3.05, 3.63) is 56.7 Å². The van der Waals surface area contributed by atoms with E-state index in [0.29, 0.717) is 16.3 Å². The number of hydrogen-bond acceptors (Lipinski definition) is 4. The lowest BCUT2D eigenvalue weighted by atomic mass is 10.1. The molecule has 0 N–H and O–H groups in total. The molecule has 1 aromatic heterocycles. The Bertz CT molecular complexity index is 634. The average molecular weight is 309 g/mol. The fraction of sp³-hybridized carbons (Fsp3) is 0.200. The smallest absolute Gasteiger partial charge is 0.310 e. The van der Waals surface area contributed by atoms with Crippen molar-refractivity contribution in [3.8, 4) is 0 Å². The number of hydrogen-bond donors (Lipinski definition) is 0. The molecule has 0 amide bonds. The predicted molar refractivity (Wildman–Crippen MR) is 79.5 cm³/mol. The van der Waals surface area contributed by atoms with Crippen molar-refractivity contribution in [3.63, 3.8) is 0 Å². The highest BCUT2D eigenvalue weighted by Gasteiger charge is 2.12. The molecule has 0 saturated heterocycles. The first-order chi connectivity index (χ1) is 9.58. The van der Waals surface area contributed by atoms with Gasteiger partial charge in [-0.25, -0.2) is 0 Å². The van der Waals surface area contributed by atoms with E-state index in [1.54, 1.807) is 24.3 Å². The third kappa shape index (κ3) is 3.92. The van der Waals surface area contributed by atoms with E-state index in [2.05, 4.69) is 4.74 Å². The SMILES string of the molecule is COC(=O)Cc1ccc(C(=O)Cc2cccc(Cl)c2)s1. The van der Waals surface area contributed by atoms with Gasteiger partial charge in [0.2, 0.25) is 0 Å². The van der Waals surface area contributed by atoms with Gasteiger partial charge in [-0.3, -0.25) is 9.59 Å². The Hall–Kier alpha value is -1.65. The summed E-state index contributed by atoms with van der Waals surface area (Å²) in [6, 6.07) is 10.8.